The van der Waals surface area contributed by atoms with Crippen LogP contribution < -0.4 is 0 Å². The van der Waals surface area contributed by atoms with Crippen LogP contribution in [0.15, 0.2) is 18.2 Å². The van der Waals surface area contributed by atoms with Crippen LogP contribution in [0.1, 0.15) is 47.8 Å². The van der Waals surface area contributed by atoms with E-state index in [1.165, 1.54) is 42.4 Å². The summed E-state index contributed by atoms with van der Waals surface area (Å²) in [5, 5.41) is 0.241. The highest BCUT2D eigenvalue weighted by Gasteiger charge is 2.43. The molecule has 2 aliphatic carbocycles. The Morgan fingerprint density at radius 2 is 2.00 bits per heavy atom. The van der Waals surface area contributed by atoms with Crippen LogP contribution in [0.3, 0.4) is 0 Å². The molecule has 2 bridgehead atoms. The molecular weight excluding hydrogens is 228 g/mol. The monoisotopic (exact) mass is 248 g/mol. The van der Waals surface area contributed by atoms with E-state index in [1.54, 1.807) is 0 Å². The van der Waals surface area contributed by atoms with Crippen LogP contribution in [0, 0.1) is 31.6 Å². The number of hydrogen-bond acceptors (Lipinski definition) is 0. The Morgan fingerprint density at radius 3 is 2.65 bits per heavy atom. The molecular formula is C16H21Cl. The van der Waals surface area contributed by atoms with Crippen molar-refractivity contribution in [3.05, 3.63) is 34.9 Å². The van der Waals surface area contributed by atoms with Gasteiger partial charge >= 0.3 is 0 Å². The Bertz CT molecular complexity index is 424. The molecule has 0 saturated heterocycles. The van der Waals surface area contributed by atoms with Crippen molar-refractivity contribution in [2.45, 2.75) is 44.9 Å². The number of aryl methyl sites for hydroxylation is 2. The minimum absolute atomic E-state index is 0.241. The van der Waals surface area contributed by atoms with Crippen molar-refractivity contribution in [2.24, 2.45) is 17.8 Å². The highest BCUT2D eigenvalue weighted by atomic mass is 35.5. The van der Waals surface area contributed by atoms with Gasteiger partial charge in [0.05, 0.1) is 5.38 Å². The number of hydrogen-bond donors (Lipinski definition) is 0. The van der Waals surface area contributed by atoms with E-state index in [2.05, 4.69) is 32.0 Å². The maximum absolute atomic E-state index is 6.78. The van der Waals surface area contributed by atoms with Gasteiger partial charge in [-0.05, 0) is 62.0 Å². The first-order chi connectivity index (χ1) is 8.15. The largest absolute Gasteiger partial charge is 0.118 e. The van der Waals surface area contributed by atoms with Gasteiger partial charge in [0.2, 0.25) is 0 Å². The number of rotatable bonds is 2. The van der Waals surface area contributed by atoms with Crippen molar-refractivity contribution in [1.29, 1.82) is 0 Å². The summed E-state index contributed by atoms with van der Waals surface area (Å²) in [7, 11) is 0. The van der Waals surface area contributed by atoms with E-state index in [0.29, 0.717) is 0 Å². The lowest BCUT2D eigenvalue weighted by molar-refractivity contribution is 0.323. The quantitative estimate of drug-likeness (QED) is 0.645. The van der Waals surface area contributed by atoms with E-state index in [9.17, 15) is 0 Å². The zero-order chi connectivity index (χ0) is 12.0. The van der Waals surface area contributed by atoms with Crippen molar-refractivity contribution >= 4 is 11.6 Å². The third-order valence-electron chi connectivity index (χ3n) is 4.90. The Balaban J connectivity index is 1.86. The second-order valence-electron chi connectivity index (χ2n) is 6.10. The van der Waals surface area contributed by atoms with Gasteiger partial charge in [0.25, 0.3) is 0 Å². The minimum atomic E-state index is 0.241. The van der Waals surface area contributed by atoms with Crippen LogP contribution in [0.5, 0.6) is 0 Å². The smallest absolute Gasteiger partial charge is 0.0618 e. The van der Waals surface area contributed by atoms with Gasteiger partial charge in [-0.1, -0.05) is 30.2 Å². The molecule has 2 fully saturated rings. The molecule has 1 heteroatoms. The number of alkyl halides is 1. The minimum Gasteiger partial charge on any atom is -0.118 e. The van der Waals surface area contributed by atoms with Crippen molar-refractivity contribution in [1.82, 2.24) is 0 Å². The molecule has 2 aliphatic rings. The molecule has 0 amide bonds. The van der Waals surface area contributed by atoms with Gasteiger partial charge in [-0.2, -0.15) is 0 Å². The average Bonchev–Trinajstić information content (AvgIpc) is 2.93. The van der Waals surface area contributed by atoms with Gasteiger partial charge in [-0.25, -0.2) is 0 Å². The summed E-state index contributed by atoms with van der Waals surface area (Å²) in [5.41, 5.74) is 4.07. The summed E-state index contributed by atoms with van der Waals surface area (Å²) in [4.78, 5) is 0. The highest BCUT2D eigenvalue weighted by Crippen LogP contribution is 2.54. The lowest BCUT2D eigenvalue weighted by Gasteiger charge is -2.27. The molecule has 92 valence electrons. The summed E-state index contributed by atoms with van der Waals surface area (Å²) in [6, 6.07) is 6.69. The van der Waals surface area contributed by atoms with Crippen LogP contribution in [-0.4, -0.2) is 0 Å². The Hall–Kier alpha value is -0.490. The predicted octanol–water partition coefficient (Wildman–Crippen LogP) is 5.02. The molecule has 2 saturated carbocycles. The summed E-state index contributed by atoms with van der Waals surface area (Å²) in [6.45, 7) is 4.35. The third-order valence-corrected chi connectivity index (χ3v) is 5.46. The molecule has 0 aromatic heterocycles. The van der Waals surface area contributed by atoms with E-state index >= 15 is 0 Å². The molecule has 0 radical (unpaired) electrons. The van der Waals surface area contributed by atoms with Crippen LogP contribution in [-0.2, 0) is 0 Å². The Kier molecular flexibility index (Phi) is 2.94. The van der Waals surface area contributed by atoms with Gasteiger partial charge in [-0.3, -0.25) is 0 Å². The Morgan fingerprint density at radius 1 is 1.18 bits per heavy atom. The standard InChI is InChI=1S/C16H21Cl/c1-10-3-4-11(2)14(7-10)16(17)15-9-12-5-6-13(15)8-12/h3-4,7,12-13,15-16H,5-6,8-9H2,1-2H3. The third kappa shape index (κ3) is 2.01. The van der Waals surface area contributed by atoms with E-state index in [4.69, 9.17) is 11.6 Å². The molecule has 4 unspecified atom stereocenters. The van der Waals surface area contributed by atoms with Crippen molar-refractivity contribution in [3.8, 4) is 0 Å². The first-order valence-electron chi connectivity index (χ1n) is 6.86. The molecule has 0 spiro atoms. The SMILES string of the molecule is Cc1ccc(C)c(C(Cl)C2CC3CCC2C3)c1. The van der Waals surface area contributed by atoms with Gasteiger partial charge in [0.1, 0.15) is 0 Å². The first-order valence-corrected chi connectivity index (χ1v) is 7.30. The lowest BCUT2D eigenvalue weighted by atomic mass is 9.82. The zero-order valence-electron chi connectivity index (χ0n) is 10.7. The molecule has 17 heavy (non-hydrogen) atoms. The fraction of sp³-hybridized carbons (Fsp3) is 0.625. The van der Waals surface area contributed by atoms with Crippen LogP contribution in [0.25, 0.3) is 0 Å². The summed E-state index contributed by atoms with van der Waals surface area (Å²) in [6.07, 6.45) is 5.69. The van der Waals surface area contributed by atoms with E-state index in [0.717, 1.165) is 17.8 Å². The van der Waals surface area contributed by atoms with Crippen LogP contribution in [0.4, 0.5) is 0 Å². The summed E-state index contributed by atoms with van der Waals surface area (Å²) >= 11 is 6.78. The summed E-state index contributed by atoms with van der Waals surface area (Å²) in [5.74, 6) is 2.62. The van der Waals surface area contributed by atoms with Crippen molar-refractivity contribution in [2.75, 3.05) is 0 Å². The summed E-state index contributed by atoms with van der Waals surface area (Å²) < 4.78 is 0. The molecule has 0 N–H and O–H groups in total. The number of fused-ring (bicyclic) bond motifs is 2. The molecule has 4 atom stereocenters. The molecule has 0 aliphatic heterocycles. The van der Waals surface area contributed by atoms with E-state index < -0.39 is 0 Å². The van der Waals surface area contributed by atoms with Crippen molar-refractivity contribution in [3.63, 3.8) is 0 Å². The van der Waals surface area contributed by atoms with Crippen LogP contribution in [0.2, 0.25) is 0 Å². The van der Waals surface area contributed by atoms with Crippen molar-refractivity contribution < 1.29 is 0 Å². The first kappa shape index (κ1) is 11.6. The molecule has 3 rings (SSSR count). The van der Waals surface area contributed by atoms with Gasteiger partial charge in [0, 0.05) is 0 Å². The number of halogens is 1. The number of benzene rings is 1. The lowest BCUT2D eigenvalue weighted by Crippen LogP contribution is -2.16. The second kappa shape index (κ2) is 4.31. The van der Waals surface area contributed by atoms with Gasteiger partial charge in [0.15, 0.2) is 0 Å². The van der Waals surface area contributed by atoms with Gasteiger partial charge < -0.3 is 0 Å². The highest BCUT2D eigenvalue weighted by molar-refractivity contribution is 6.21. The van der Waals surface area contributed by atoms with Crippen LogP contribution >= 0.6 is 11.6 Å². The average molecular weight is 249 g/mol. The maximum Gasteiger partial charge on any atom is 0.0618 e. The molecule has 1 aromatic rings. The molecule has 0 heterocycles. The van der Waals surface area contributed by atoms with E-state index in [1.807, 2.05) is 0 Å². The zero-order valence-corrected chi connectivity index (χ0v) is 11.5. The molecule has 1 aromatic carbocycles. The second-order valence-corrected chi connectivity index (χ2v) is 6.57. The van der Waals surface area contributed by atoms with E-state index in [-0.39, 0.29) is 5.38 Å². The fourth-order valence-corrected chi connectivity index (χ4v) is 4.48. The maximum atomic E-state index is 6.78. The molecule has 0 nitrogen and oxygen atoms in total. The fourth-order valence-electron chi connectivity index (χ4n) is 3.94. The Labute approximate surface area is 109 Å². The predicted molar refractivity (Wildman–Crippen MR) is 73.4 cm³/mol. The normalized spacial score (nSPS) is 33.0. The topological polar surface area (TPSA) is 0 Å². The van der Waals surface area contributed by atoms with Gasteiger partial charge in [-0.15, -0.1) is 11.6 Å².